The average Bonchev–Trinajstić information content (AvgIpc) is 3.39. The Bertz CT molecular complexity index is 698. The summed E-state index contributed by atoms with van der Waals surface area (Å²) in [5.74, 6) is 2.45. The molecular weight excluding hydrogens is 352 g/mol. The van der Waals surface area contributed by atoms with E-state index >= 15 is 0 Å². The molecule has 2 aromatic heterocycles. The smallest absolute Gasteiger partial charge is 0.168 e. The van der Waals surface area contributed by atoms with E-state index in [1.54, 1.807) is 6.26 Å². The van der Waals surface area contributed by atoms with Gasteiger partial charge in [0, 0.05) is 32.2 Å². The number of piperazine rings is 1. The number of rotatable bonds is 7. The van der Waals surface area contributed by atoms with Gasteiger partial charge in [0.2, 0.25) is 0 Å². The second-order valence-corrected chi connectivity index (χ2v) is 8.78. The third-order valence-electron chi connectivity index (χ3n) is 6.32. The molecule has 1 aliphatic heterocycles. The van der Waals surface area contributed by atoms with Gasteiger partial charge in [0.1, 0.15) is 12.3 Å². The van der Waals surface area contributed by atoms with Crippen molar-refractivity contribution in [3.8, 4) is 0 Å². The predicted molar refractivity (Wildman–Crippen MR) is 108 cm³/mol. The Morgan fingerprint density at radius 2 is 1.89 bits per heavy atom. The molecule has 1 saturated carbocycles. The Morgan fingerprint density at radius 1 is 1.11 bits per heavy atom. The van der Waals surface area contributed by atoms with Crippen LogP contribution in [-0.2, 0) is 6.54 Å². The molecule has 7 heteroatoms. The summed E-state index contributed by atoms with van der Waals surface area (Å²) in [5.41, 5.74) is 0. The summed E-state index contributed by atoms with van der Waals surface area (Å²) in [6.45, 7) is 9.69. The fourth-order valence-electron chi connectivity index (χ4n) is 4.84. The van der Waals surface area contributed by atoms with Gasteiger partial charge in [-0.2, -0.15) is 0 Å². The number of hydrogen-bond acceptors (Lipinski definition) is 6. The van der Waals surface area contributed by atoms with Crippen molar-refractivity contribution in [2.24, 2.45) is 5.92 Å². The van der Waals surface area contributed by atoms with Crippen LogP contribution in [0.3, 0.4) is 0 Å². The van der Waals surface area contributed by atoms with Gasteiger partial charge in [-0.05, 0) is 47.7 Å². The third kappa shape index (κ3) is 4.63. The predicted octanol–water partition coefficient (Wildman–Crippen LogP) is 3.35. The topological polar surface area (TPSA) is 63.2 Å². The van der Waals surface area contributed by atoms with Crippen LogP contribution in [0.1, 0.15) is 70.0 Å². The second-order valence-electron chi connectivity index (χ2n) is 8.78. The normalized spacial score (nSPS) is 21.4. The highest BCUT2D eigenvalue weighted by molar-refractivity contribution is 5.02. The molecule has 0 radical (unpaired) electrons. The Morgan fingerprint density at radius 3 is 2.57 bits per heavy atom. The molecule has 1 atom stereocenters. The number of hydrogen-bond donors (Lipinski definition) is 0. The van der Waals surface area contributed by atoms with Crippen molar-refractivity contribution in [1.82, 2.24) is 30.0 Å². The van der Waals surface area contributed by atoms with Gasteiger partial charge in [0.25, 0.3) is 0 Å². The van der Waals surface area contributed by atoms with Crippen LogP contribution in [0.5, 0.6) is 0 Å². The summed E-state index contributed by atoms with van der Waals surface area (Å²) in [7, 11) is 0. The van der Waals surface area contributed by atoms with Crippen LogP contribution in [0.25, 0.3) is 0 Å². The summed E-state index contributed by atoms with van der Waals surface area (Å²) in [6.07, 6.45) is 9.78. The van der Waals surface area contributed by atoms with Crippen LogP contribution >= 0.6 is 0 Å². The number of aromatic nitrogens is 4. The quantitative estimate of drug-likeness (QED) is 0.727. The largest absolute Gasteiger partial charge is 0.467 e. The zero-order valence-electron chi connectivity index (χ0n) is 17.3. The molecular formula is C21H34N6O. The van der Waals surface area contributed by atoms with E-state index in [4.69, 9.17) is 4.42 Å². The first-order valence-corrected chi connectivity index (χ1v) is 11.0. The standard InChI is InChI=1S/C21H34N6O/c1-17(2)15-20(21-22-23-24-27(21)16-19-9-6-14-28-19)26-12-10-25(11-13-26)18-7-4-3-5-8-18/h6,9,14,17-18,20H,3-5,7-8,10-13,15-16H2,1-2H3/t20-/m1/s1. The van der Waals surface area contributed by atoms with Crippen molar-refractivity contribution >= 4 is 0 Å². The van der Waals surface area contributed by atoms with Crippen molar-refractivity contribution in [3.63, 3.8) is 0 Å². The van der Waals surface area contributed by atoms with E-state index in [2.05, 4.69) is 39.2 Å². The van der Waals surface area contributed by atoms with Gasteiger partial charge in [0.05, 0.1) is 12.3 Å². The Hall–Kier alpha value is -1.73. The maximum Gasteiger partial charge on any atom is 0.168 e. The Labute approximate surface area is 168 Å². The molecule has 0 aromatic carbocycles. The van der Waals surface area contributed by atoms with Crippen molar-refractivity contribution in [2.45, 2.75) is 71.0 Å². The van der Waals surface area contributed by atoms with Gasteiger partial charge in [-0.1, -0.05) is 33.1 Å². The van der Waals surface area contributed by atoms with Crippen LogP contribution in [-0.4, -0.2) is 62.2 Å². The van der Waals surface area contributed by atoms with E-state index in [1.165, 1.54) is 45.2 Å². The average molecular weight is 387 g/mol. The van der Waals surface area contributed by atoms with Crippen molar-refractivity contribution < 1.29 is 4.42 Å². The molecule has 0 spiro atoms. The summed E-state index contributed by atoms with van der Waals surface area (Å²) in [6, 6.07) is 4.96. The first kappa shape index (κ1) is 19.6. The zero-order chi connectivity index (χ0) is 19.3. The molecule has 28 heavy (non-hydrogen) atoms. The molecule has 154 valence electrons. The van der Waals surface area contributed by atoms with E-state index in [0.29, 0.717) is 12.5 Å². The number of nitrogens with zero attached hydrogens (tertiary/aromatic N) is 6. The minimum Gasteiger partial charge on any atom is -0.467 e. The highest BCUT2D eigenvalue weighted by Crippen LogP contribution is 2.29. The molecule has 3 heterocycles. The van der Waals surface area contributed by atoms with Gasteiger partial charge >= 0.3 is 0 Å². The molecule has 4 rings (SSSR count). The second kappa shape index (κ2) is 9.18. The minimum absolute atomic E-state index is 0.262. The van der Waals surface area contributed by atoms with Gasteiger partial charge in [-0.25, -0.2) is 4.68 Å². The maximum atomic E-state index is 5.51. The summed E-state index contributed by atoms with van der Waals surface area (Å²) in [5, 5.41) is 12.7. The molecule has 0 bridgehead atoms. The molecule has 0 amide bonds. The lowest BCUT2D eigenvalue weighted by Gasteiger charge is -2.43. The highest BCUT2D eigenvalue weighted by Gasteiger charge is 2.32. The lowest BCUT2D eigenvalue weighted by Crippen LogP contribution is -2.52. The van der Waals surface area contributed by atoms with E-state index in [0.717, 1.165) is 37.1 Å². The Kier molecular flexibility index (Phi) is 6.42. The maximum absolute atomic E-state index is 5.51. The first-order chi connectivity index (χ1) is 13.7. The summed E-state index contributed by atoms with van der Waals surface area (Å²) >= 11 is 0. The van der Waals surface area contributed by atoms with Crippen LogP contribution in [0.4, 0.5) is 0 Å². The van der Waals surface area contributed by atoms with E-state index in [-0.39, 0.29) is 6.04 Å². The molecule has 1 saturated heterocycles. The summed E-state index contributed by atoms with van der Waals surface area (Å²) in [4.78, 5) is 5.33. The van der Waals surface area contributed by atoms with Crippen molar-refractivity contribution in [3.05, 3.63) is 30.0 Å². The van der Waals surface area contributed by atoms with Crippen molar-refractivity contribution in [1.29, 1.82) is 0 Å². The minimum atomic E-state index is 0.262. The fourth-order valence-corrected chi connectivity index (χ4v) is 4.84. The lowest BCUT2D eigenvalue weighted by atomic mass is 9.93. The highest BCUT2D eigenvalue weighted by atomic mass is 16.3. The zero-order valence-corrected chi connectivity index (χ0v) is 17.3. The first-order valence-electron chi connectivity index (χ1n) is 11.0. The molecule has 0 N–H and O–H groups in total. The molecule has 2 aromatic rings. The molecule has 1 aliphatic carbocycles. The Balaban J connectivity index is 1.45. The van der Waals surface area contributed by atoms with Gasteiger partial charge in [-0.15, -0.1) is 5.10 Å². The number of tetrazole rings is 1. The molecule has 0 unspecified atom stereocenters. The SMILES string of the molecule is CC(C)C[C@H](c1nnnn1Cc1ccco1)N1CCN(C2CCCCC2)CC1. The van der Waals surface area contributed by atoms with Crippen molar-refractivity contribution in [2.75, 3.05) is 26.2 Å². The van der Waals surface area contributed by atoms with Crippen LogP contribution < -0.4 is 0 Å². The molecule has 7 nitrogen and oxygen atoms in total. The summed E-state index contributed by atoms with van der Waals surface area (Å²) < 4.78 is 7.43. The monoisotopic (exact) mass is 386 g/mol. The molecule has 2 aliphatic rings. The number of furan rings is 1. The third-order valence-corrected chi connectivity index (χ3v) is 6.32. The molecule has 2 fully saturated rings. The fraction of sp³-hybridized carbons (Fsp3) is 0.762. The van der Waals surface area contributed by atoms with Gasteiger partial charge in [0.15, 0.2) is 5.82 Å². The van der Waals surface area contributed by atoms with E-state index < -0.39 is 0 Å². The van der Waals surface area contributed by atoms with Gasteiger partial charge in [-0.3, -0.25) is 9.80 Å². The van der Waals surface area contributed by atoms with E-state index in [9.17, 15) is 0 Å². The van der Waals surface area contributed by atoms with Crippen LogP contribution in [0, 0.1) is 5.92 Å². The van der Waals surface area contributed by atoms with Crippen LogP contribution in [0.2, 0.25) is 0 Å². The van der Waals surface area contributed by atoms with Gasteiger partial charge < -0.3 is 4.42 Å². The van der Waals surface area contributed by atoms with Crippen LogP contribution in [0.15, 0.2) is 22.8 Å². The lowest BCUT2D eigenvalue weighted by molar-refractivity contribution is 0.0468. The van der Waals surface area contributed by atoms with E-state index in [1.807, 2.05) is 16.8 Å².